The van der Waals surface area contributed by atoms with E-state index in [-0.39, 0.29) is 11.7 Å². The van der Waals surface area contributed by atoms with Crippen molar-refractivity contribution < 1.29 is 9.18 Å². The van der Waals surface area contributed by atoms with Crippen LogP contribution in [-0.4, -0.2) is 59.4 Å². The maximum atomic E-state index is 13.1. The minimum atomic E-state index is -0.226. The molecule has 0 spiro atoms. The molecule has 0 atom stereocenters. The Kier molecular flexibility index (Phi) is 10.4. The van der Waals surface area contributed by atoms with Gasteiger partial charge in [-0.15, -0.1) is 0 Å². The Morgan fingerprint density at radius 1 is 1.06 bits per heavy atom. The summed E-state index contributed by atoms with van der Waals surface area (Å²) in [6, 6.07) is 6.50. The number of anilines is 1. The van der Waals surface area contributed by atoms with Crippen molar-refractivity contribution in [2.75, 3.05) is 44.2 Å². The zero-order valence-electron chi connectivity index (χ0n) is 19.2. The minimum absolute atomic E-state index is 0.182. The molecule has 8 heteroatoms. The van der Waals surface area contributed by atoms with Crippen LogP contribution < -0.4 is 10.2 Å². The third-order valence-electron chi connectivity index (χ3n) is 5.88. The Labute approximate surface area is 195 Å². The van der Waals surface area contributed by atoms with Crippen molar-refractivity contribution in [2.24, 2.45) is 0 Å². The number of rotatable bonds is 13. The van der Waals surface area contributed by atoms with Crippen LogP contribution in [0.15, 0.2) is 24.3 Å². The second-order valence-electron chi connectivity index (χ2n) is 8.49. The van der Waals surface area contributed by atoms with Crippen molar-refractivity contribution in [2.45, 2.75) is 58.3 Å². The zero-order chi connectivity index (χ0) is 22.6. The fourth-order valence-electron chi connectivity index (χ4n) is 3.90. The highest BCUT2D eigenvalue weighted by molar-refractivity contribution is 7.09. The van der Waals surface area contributed by atoms with E-state index in [9.17, 15) is 9.18 Å². The molecule has 0 radical (unpaired) electrons. The van der Waals surface area contributed by atoms with E-state index >= 15 is 0 Å². The highest BCUT2D eigenvalue weighted by Gasteiger charge is 2.20. The van der Waals surface area contributed by atoms with E-state index in [2.05, 4.69) is 31.4 Å². The van der Waals surface area contributed by atoms with Gasteiger partial charge in [0.2, 0.25) is 11.0 Å². The van der Waals surface area contributed by atoms with Crippen LogP contribution in [0.1, 0.15) is 63.3 Å². The van der Waals surface area contributed by atoms with E-state index in [1.54, 1.807) is 12.1 Å². The maximum Gasteiger partial charge on any atom is 0.220 e. The summed E-state index contributed by atoms with van der Waals surface area (Å²) in [6.07, 6.45) is 8.52. The number of piperazine rings is 1. The first kappa shape index (κ1) is 24.6. The second-order valence-corrected chi connectivity index (χ2v) is 9.22. The number of nitrogens with one attached hydrogen (secondary N) is 1. The minimum Gasteiger partial charge on any atom is -0.355 e. The summed E-state index contributed by atoms with van der Waals surface area (Å²) in [5.74, 6) is 0.740. The molecule has 1 saturated heterocycles. The fourth-order valence-corrected chi connectivity index (χ4v) is 4.64. The largest absolute Gasteiger partial charge is 0.355 e. The summed E-state index contributed by atoms with van der Waals surface area (Å²) < 4.78 is 17.5. The van der Waals surface area contributed by atoms with Gasteiger partial charge in [0.1, 0.15) is 11.6 Å². The Hall–Kier alpha value is -2.06. The first-order valence-electron chi connectivity index (χ1n) is 11.9. The first-order valence-corrected chi connectivity index (χ1v) is 12.7. The fraction of sp³-hybridized carbons (Fsp3) is 0.625. The maximum absolute atomic E-state index is 13.1. The van der Waals surface area contributed by atoms with Crippen LogP contribution in [0.5, 0.6) is 0 Å². The number of aromatic nitrogens is 2. The average Bonchev–Trinajstić information content (AvgIpc) is 3.27. The predicted octanol–water partition coefficient (Wildman–Crippen LogP) is 4.26. The number of halogens is 1. The zero-order valence-corrected chi connectivity index (χ0v) is 20.0. The van der Waals surface area contributed by atoms with Crippen LogP contribution in [0.2, 0.25) is 0 Å². The van der Waals surface area contributed by atoms with Crippen molar-refractivity contribution in [3.63, 3.8) is 0 Å². The number of nitrogens with zero attached hydrogens (tertiary/aromatic N) is 4. The standard InChI is InChI=1S/C24H36FN5OS/c1-2-3-4-5-6-7-8-23(31)26-13-14-29-15-17-30(18-16-29)24-27-22(28-32-24)19-20-9-11-21(25)12-10-20/h9-12H,2-8,13-19H2,1H3,(H,26,31). The van der Waals surface area contributed by atoms with Gasteiger partial charge >= 0.3 is 0 Å². The first-order chi connectivity index (χ1) is 15.6. The van der Waals surface area contributed by atoms with Crippen LogP contribution in [0.25, 0.3) is 0 Å². The third kappa shape index (κ3) is 8.47. The lowest BCUT2D eigenvalue weighted by Gasteiger charge is -2.34. The molecule has 0 saturated carbocycles. The molecule has 1 aliphatic heterocycles. The van der Waals surface area contributed by atoms with Crippen LogP contribution in [0, 0.1) is 5.82 Å². The molecule has 1 aromatic carbocycles. The van der Waals surface area contributed by atoms with E-state index in [1.807, 2.05) is 0 Å². The molecule has 0 bridgehead atoms. The van der Waals surface area contributed by atoms with Crippen molar-refractivity contribution >= 4 is 22.6 Å². The van der Waals surface area contributed by atoms with Crippen molar-refractivity contribution in [1.82, 2.24) is 19.6 Å². The average molecular weight is 462 g/mol. The lowest BCUT2D eigenvalue weighted by Crippen LogP contribution is -2.48. The van der Waals surface area contributed by atoms with E-state index in [4.69, 9.17) is 0 Å². The van der Waals surface area contributed by atoms with Crippen molar-refractivity contribution in [3.8, 4) is 0 Å². The smallest absolute Gasteiger partial charge is 0.220 e. The monoisotopic (exact) mass is 461 g/mol. The predicted molar refractivity (Wildman–Crippen MR) is 129 cm³/mol. The molecule has 1 aromatic heterocycles. The number of carbonyl (C=O) groups excluding carboxylic acids is 1. The van der Waals surface area contributed by atoms with Crippen LogP contribution >= 0.6 is 11.5 Å². The Balaban J connectivity index is 1.29. The van der Waals surface area contributed by atoms with Gasteiger partial charge in [-0.25, -0.2) is 9.37 Å². The molecule has 1 aliphatic rings. The van der Waals surface area contributed by atoms with Crippen LogP contribution in [-0.2, 0) is 11.2 Å². The quantitative estimate of drug-likeness (QED) is 0.452. The van der Waals surface area contributed by atoms with Gasteiger partial charge in [-0.3, -0.25) is 9.69 Å². The summed E-state index contributed by atoms with van der Waals surface area (Å²) in [7, 11) is 0. The van der Waals surface area contributed by atoms with E-state index in [0.29, 0.717) is 12.8 Å². The van der Waals surface area contributed by atoms with Crippen molar-refractivity contribution in [1.29, 1.82) is 0 Å². The van der Waals surface area contributed by atoms with Gasteiger partial charge in [0.15, 0.2) is 0 Å². The lowest BCUT2D eigenvalue weighted by molar-refractivity contribution is -0.121. The number of amides is 1. The molecule has 0 aliphatic carbocycles. The van der Waals surface area contributed by atoms with Gasteiger partial charge < -0.3 is 10.2 Å². The van der Waals surface area contributed by atoms with Gasteiger partial charge in [0.25, 0.3) is 0 Å². The number of unbranched alkanes of at least 4 members (excludes halogenated alkanes) is 5. The number of carbonyl (C=O) groups is 1. The SMILES string of the molecule is CCCCCCCCC(=O)NCCN1CCN(c2nc(Cc3ccc(F)cc3)ns2)CC1. The molecule has 1 amide bonds. The molecular formula is C24H36FN5OS. The van der Waals surface area contributed by atoms with Gasteiger partial charge in [0.05, 0.1) is 0 Å². The molecule has 3 rings (SSSR count). The summed E-state index contributed by atoms with van der Waals surface area (Å²) in [6.45, 7) is 7.57. The van der Waals surface area contributed by atoms with Crippen LogP contribution in [0.3, 0.4) is 0 Å². The molecule has 6 nitrogen and oxygen atoms in total. The van der Waals surface area contributed by atoms with E-state index in [1.165, 1.54) is 49.3 Å². The second kappa shape index (κ2) is 13.5. The third-order valence-corrected chi connectivity index (χ3v) is 6.70. The van der Waals surface area contributed by atoms with Gasteiger partial charge in [-0.2, -0.15) is 4.37 Å². The molecule has 2 heterocycles. The molecular weight excluding hydrogens is 425 g/mol. The Bertz CT molecular complexity index is 805. The van der Waals surface area contributed by atoms with Crippen molar-refractivity contribution in [3.05, 3.63) is 41.5 Å². The Morgan fingerprint density at radius 2 is 1.78 bits per heavy atom. The molecule has 2 aromatic rings. The van der Waals surface area contributed by atoms with Gasteiger partial charge in [-0.05, 0) is 24.1 Å². The topological polar surface area (TPSA) is 61.4 Å². The normalized spacial score (nSPS) is 14.6. The Morgan fingerprint density at radius 3 is 2.53 bits per heavy atom. The molecule has 0 unspecified atom stereocenters. The number of benzene rings is 1. The number of hydrogen-bond donors (Lipinski definition) is 1. The summed E-state index contributed by atoms with van der Waals surface area (Å²) >= 11 is 1.43. The molecule has 1 fully saturated rings. The lowest BCUT2D eigenvalue weighted by atomic mass is 10.1. The molecule has 176 valence electrons. The summed E-state index contributed by atoms with van der Waals surface area (Å²) in [5, 5.41) is 4.02. The molecule has 1 N–H and O–H groups in total. The summed E-state index contributed by atoms with van der Waals surface area (Å²) in [5.41, 5.74) is 1.01. The number of hydrogen-bond acceptors (Lipinski definition) is 6. The van der Waals surface area contributed by atoms with Gasteiger partial charge in [0, 0.05) is 63.6 Å². The van der Waals surface area contributed by atoms with E-state index < -0.39 is 0 Å². The van der Waals surface area contributed by atoms with E-state index in [0.717, 1.165) is 68.6 Å². The molecule has 32 heavy (non-hydrogen) atoms. The van der Waals surface area contributed by atoms with Crippen LogP contribution in [0.4, 0.5) is 9.52 Å². The highest BCUT2D eigenvalue weighted by atomic mass is 32.1. The highest BCUT2D eigenvalue weighted by Crippen LogP contribution is 2.20. The summed E-state index contributed by atoms with van der Waals surface area (Å²) in [4.78, 5) is 21.3. The van der Waals surface area contributed by atoms with Gasteiger partial charge in [-0.1, -0.05) is 51.2 Å².